The van der Waals surface area contributed by atoms with Crippen LogP contribution in [-0.4, -0.2) is 56.3 Å². The van der Waals surface area contributed by atoms with E-state index in [-0.39, 0.29) is 28.3 Å². The summed E-state index contributed by atoms with van der Waals surface area (Å²) >= 11 is 2.32. The highest BCUT2D eigenvalue weighted by Crippen LogP contribution is 2.30. The van der Waals surface area contributed by atoms with Crippen LogP contribution in [0.2, 0.25) is 0 Å². The zero-order chi connectivity index (χ0) is 21.1. The topological polar surface area (TPSA) is 142 Å². The second-order valence-corrected chi connectivity index (χ2v) is 8.08. The van der Waals surface area contributed by atoms with Gasteiger partial charge in [-0.05, 0) is 24.3 Å². The average molecular weight is 438 g/mol. The van der Waals surface area contributed by atoms with Crippen LogP contribution in [0.4, 0.5) is 0 Å². The quantitative estimate of drug-likeness (QED) is 0.424. The SMILES string of the molecule is COC(=O)Cc1c(C(=O)OC)sc2nc(CSc3nnnn3C(C)C)[nH]c(=O)c12. The van der Waals surface area contributed by atoms with Crippen molar-refractivity contribution >= 4 is 45.3 Å². The van der Waals surface area contributed by atoms with Crippen molar-refractivity contribution in [3.63, 3.8) is 0 Å². The van der Waals surface area contributed by atoms with Gasteiger partial charge in [-0.25, -0.2) is 14.5 Å². The molecular weight excluding hydrogens is 420 g/mol. The first kappa shape index (κ1) is 20.9. The number of fused-ring (bicyclic) bond motifs is 1. The second kappa shape index (κ2) is 8.69. The van der Waals surface area contributed by atoms with Crippen LogP contribution in [0.1, 0.15) is 40.9 Å². The number of carbonyl (C=O) groups is 2. The van der Waals surface area contributed by atoms with Gasteiger partial charge in [-0.3, -0.25) is 9.59 Å². The van der Waals surface area contributed by atoms with Crippen LogP contribution in [0.5, 0.6) is 0 Å². The third-order valence-corrected chi connectivity index (χ3v) is 5.97. The van der Waals surface area contributed by atoms with Gasteiger partial charge in [-0.2, -0.15) is 0 Å². The van der Waals surface area contributed by atoms with Gasteiger partial charge in [0, 0.05) is 5.56 Å². The van der Waals surface area contributed by atoms with Gasteiger partial charge in [0.2, 0.25) is 5.16 Å². The van der Waals surface area contributed by atoms with Crippen molar-refractivity contribution in [3.05, 3.63) is 26.6 Å². The number of nitrogens with one attached hydrogen (secondary N) is 1. The molecular formula is C16H18N6O5S2. The number of esters is 2. The smallest absolute Gasteiger partial charge is 0.348 e. The first-order valence-corrected chi connectivity index (χ1v) is 10.3. The number of rotatable bonds is 7. The number of hydrogen-bond acceptors (Lipinski definition) is 11. The lowest BCUT2D eigenvalue weighted by atomic mass is 10.1. The summed E-state index contributed by atoms with van der Waals surface area (Å²) in [6.45, 7) is 3.91. The normalized spacial score (nSPS) is 11.2. The first-order valence-electron chi connectivity index (χ1n) is 8.46. The van der Waals surface area contributed by atoms with Gasteiger partial charge in [0.25, 0.3) is 5.56 Å². The molecule has 0 aromatic carbocycles. The molecule has 3 aromatic heterocycles. The van der Waals surface area contributed by atoms with Crippen molar-refractivity contribution in [2.45, 2.75) is 37.2 Å². The number of aromatic amines is 1. The Balaban J connectivity index is 1.98. The molecule has 29 heavy (non-hydrogen) atoms. The Morgan fingerprint density at radius 3 is 2.69 bits per heavy atom. The highest BCUT2D eigenvalue weighted by Gasteiger charge is 2.25. The van der Waals surface area contributed by atoms with Gasteiger partial charge in [0.05, 0.1) is 37.8 Å². The number of H-pyrrole nitrogens is 1. The molecule has 0 amide bonds. The van der Waals surface area contributed by atoms with Crippen molar-refractivity contribution in [2.75, 3.05) is 14.2 Å². The third kappa shape index (κ3) is 4.29. The van der Waals surface area contributed by atoms with Crippen molar-refractivity contribution < 1.29 is 19.1 Å². The molecule has 3 heterocycles. The Kier molecular flexibility index (Phi) is 6.27. The van der Waals surface area contributed by atoms with Crippen LogP contribution in [0.15, 0.2) is 9.95 Å². The van der Waals surface area contributed by atoms with E-state index < -0.39 is 17.5 Å². The molecule has 0 saturated carbocycles. The number of methoxy groups -OCH3 is 2. The Morgan fingerprint density at radius 2 is 2.03 bits per heavy atom. The van der Waals surface area contributed by atoms with E-state index in [1.165, 1.54) is 26.0 Å². The maximum atomic E-state index is 12.7. The van der Waals surface area contributed by atoms with Crippen LogP contribution in [-0.2, 0) is 26.4 Å². The molecule has 0 aliphatic rings. The fourth-order valence-electron chi connectivity index (χ4n) is 2.56. The molecule has 3 rings (SSSR count). The van der Waals surface area contributed by atoms with Gasteiger partial charge in [-0.15, -0.1) is 16.4 Å². The summed E-state index contributed by atoms with van der Waals surface area (Å²) in [5.41, 5.74) is -0.195. The van der Waals surface area contributed by atoms with Gasteiger partial charge >= 0.3 is 11.9 Å². The zero-order valence-corrected chi connectivity index (χ0v) is 17.7. The molecule has 3 aromatic rings. The lowest BCUT2D eigenvalue weighted by molar-refractivity contribution is -0.139. The zero-order valence-electron chi connectivity index (χ0n) is 16.1. The third-order valence-electron chi connectivity index (χ3n) is 3.92. The van der Waals surface area contributed by atoms with Gasteiger partial charge in [-0.1, -0.05) is 11.8 Å². The highest BCUT2D eigenvalue weighted by atomic mass is 32.2. The molecule has 0 spiro atoms. The van der Waals surface area contributed by atoms with E-state index in [1.807, 2.05) is 13.8 Å². The van der Waals surface area contributed by atoms with Crippen molar-refractivity contribution in [1.82, 2.24) is 30.2 Å². The molecule has 11 nitrogen and oxygen atoms in total. The Morgan fingerprint density at radius 1 is 1.28 bits per heavy atom. The lowest BCUT2D eigenvalue weighted by Crippen LogP contribution is -2.15. The monoisotopic (exact) mass is 438 g/mol. The number of thioether (sulfide) groups is 1. The Bertz CT molecular complexity index is 1120. The average Bonchev–Trinajstić information content (AvgIpc) is 3.30. The second-order valence-electron chi connectivity index (χ2n) is 6.14. The van der Waals surface area contributed by atoms with Gasteiger partial charge < -0.3 is 14.5 Å². The van der Waals surface area contributed by atoms with E-state index >= 15 is 0 Å². The fourth-order valence-corrected chi connectivity index (χ4v) is 4.57. The summed E-state index contributed by atoms with van der Waals surface area (Å²) in [7, 11) is 2.46. The maximum absolute atomic E-state index is 12.7. The predicted molar refractivity (Wildman–Crippen MR) is 105 cm³/mol. The number of thiophene rings is 1. The van der Waals surface area contributed by atoms with Gasteiger partial charge in [0.1, 0.15) is 15.5 Å². The minimum absolute atomic E-state index is 0.0859. The summed E-state index contributed by atoms with van der Waals surface area (Å²) in [6, 6.07) is 0.0859. The van der Waals surface area contributed by atoms with E-state index in [4.69, 9.17) is 4.74 Å². The predicted octanol–water partition coefficient (Wildman–Crippen LogP) is 1.35. The standard InChI is InChI=1S/C16H18N6O5S2/c1-7(2)22-16(19-20-21-22)28-6-9-17-13(24)11-8(5-10(23)26-3)12(15(25)27-4)29-14(11)18-9/h7H,5-6H2,1-4H3,(H,17,18,24). The number of nitrogens with zero attached hydrogens (tertiary/aromatic N) is 5. The molecule has 13 heteroatoms. The number of aromatic nitrogens is 6. The van der Waals surface area contributed by atoms with Crippen LogP contribution < -0.4 is 5.56 Å². The number of carbonyl (C=O) groups excluding carboxylic acids is 2. The summed E-state index contributed by atoms with van der Waals surface area (Å²) in [4.78, 5) is 44.2. The maximum Gasteiger partial charge on any atom is 0.348 e. The first-order chi connectivity index (χ1) is 13.8. The Hall–Kier alpha value is -2.80. The van der Waals surface area contributed by atoms with Crippen molar-refractivity contribution in [3.8, 4) is 0 Å². The summed E-state index contributed by atoms with van der Waals surface area (Å²) in [5.74, 6) is -0.503. The number of tetrazole rings is 1. The molecule has 0 unspecified atom stereocenters. The fraction of sp³-hybridized carbons (Fsp3) is 0.438. The minimum Gasteiger partial charge on any atom is -0.469 e. The molecule has 0 aliphatic heterocycles. The number of ether oxygens (including phenoxy) is 2. The molecule has 154 valence electrons. The molecule has 0 aliphatic carbocycles. The molecule has 0 atom stereocenters. The number of hydrogen-bond donors (Lipinski definition) is 1. The summed E-state index contributed by atoms with van der Waals surface area (Å²) in [5, 5.41) is 12.3. The van der Waals surface area contributed by atoms with E-state index in [0.29, 0.717) is 21.6 Å². The molecule has 0 fully saturated rings. The van der Waals surface area contributed by atoms with Crippen LogP contribution in [0.25, 0.3) is 10.2 Å². The summed E-state index contributed by atoms with van der Waals surface area (Å²) in [6.07, 6.45) is -0.233. The van der Waals surface area contributed by atoms with E-state index in [9.17, 15) is 14.4 Å². The molecule has 0 radical (unpaired) electrons. The minimum atomic E-state index is -0.640. The molecule has 0 bridgehead atoms. The van der Waals surface area contributed by atoms with Crippen LogP contribution >= 0.6 is 23.1 Å². The van der Waals surface area contributed by atoms with E-state index in [0.717, 1.165) is 11.3 Å². The van der Waals surface area contributed by atoms with E-state index in [2.05, 4.69) is 30.2 Å². The molecule has 1 N–H and O–H groups in total. The molecule has 0 saturated heterocycles. The van der Waals surface area contributed by atoms with Crippen molar-refractivity contribution in [2.24, 2.45) is 0 Å². The lowest BCUT2D eigenvalue weighted by Gasteiger charge is -2.06. The summed E-state index contributed by atoms with van der Waals surface area (Å²) < 4.78 is 11.1. The van der Waals surface area contributed by atoms with Gasteiger partial charge in [0.15, 0.2) is 0 Å². The van der Waals surface area contributed by atoms with Crippen LogP contribution in [0, 0.1) is 0 Å². The van der Waals surface area contributed by atoms with Crippen molar-refractivity contribution in [1.29, 1.82) is 0 Å². The van der Waals surface area contributed by atoms with Crippen LogP contribution in [0.3, 0.4) is 0 Å². The largest absolute Gasteiger partial charge is 0.469 e. The highest BCUT2D eigenvalue weighted by molar-refractivity contribution is 7.98. The Labute approximate surface area is 172 Å². The van der Waals surface area contributed by atoms with E-state index in [1.54, 1.807) is 4.68 Å².